The lowest BCUT2D eigenvalue weighted by Gasteiger charge is -2.11. The van der Waals surface area contributed by atoms with E-state index in [2.05, 4.69) is 4.98 Å². The summed E-state index contributed by atoms with van der Waals surface area (Å²) < 4.78 is 25.7. The molecule has 0 unspecified atom stereocenters. The van der Waals surface area contributed by atoms with Crippen LogP contribution >= 0.6 is 0 Å². The van der Waals surface area contributed by atoms with E-state index in [-0.39, 0.29) is 11.1 Å². The van der Waals surface area contributed by atoms with E-state index >= 15 is 0 Å². The summed E-state index contributed by atoms with van der Waals surface area (Å²) in [6, 6.07) is 16.9. The van der Waals surface area contributed by atoms with Crippen molar-refractivity contribution in [2.45, 2.75) is 0 Å². The van der Waals surface area contributed by atoms with Crippen molar-refractivity contribution in [3.8, 4) is 33.9 Å². The van der Waals surface area contributed by atoms with E-state index in [1.165, 1.54) is 0 Å². The third kappa shape index (κ3) is 3.79. The standard InChI is InChI=1S/C23H21FN2O3/c1-26(2)12-13-28-17-10-8-16(9-11-17)22-19(15-6-4-3-5-7-15)20-21(27)18(24)14-25-23(20)29-22/h3-11,14H,12-13H2,1-2H3,(H,25,27). The van der Waals surface area contributed by atoms with Crippen LogP contribution in [0.1, 0.15) is 0 Å². The van der Waals surface area contributed by atoms with E-state index in [4.69, 9.17) is 9.15 Å². The highest BCUT2D eigenvalue weighted by molar-refractivity contribution is 6.03. The Labute approximate surface area is 168 Å². The van der Waals surface area contributed by atoms with E-state index in [1.807, 2.05) is 73.6 Å². The molecule has 0 aliphatic rings. The number of nitrogens with zero attached hydrogens (tertiary/aromatic N) is 2. The van der Waals surface area contributed by atoms with E-state index in [9.17, 15) is 9.50 Å². The van der Waals surface area contributed by atoms with Crippen molar-refractivity contribution < 1.29 is 18.7 Å². The number of aromatic nitrogens is 1. The predicted molar refractivity (Wildman–Crippen MR) is 111 cm³/mol. The second kappa shape index (κ2) is 7.93. The van der Waals surface area contributed by atoms with Gasteiger partial charge in [0.25, 0.3) is 0 Å². The summed E-state index contributed by atoms with van der Waals surface area (Å²) in [4.78, 5) is 6.07. The summed E-state index contributed by atoms with van der Waals surface area (Å²) >= 11 is 0. The average molecular weight is 392 g/mol. The fourth-order valence-corrected chi connectivity index (χ4v) is 3.16. The molecule has 4 aromatic rings. The van der Waals surface area contributed by atoms with E-state index < -0.39 is 11.6 Å². The molecule has 0 saturated heterocycles. The van der Waals surface area contributed by atoms with Crippen molar-refractivity contribution in [3.63, 3.8) is 0 Å². The van der Waals surface area contributed by atoms with Gasteiger partial charge in [0.1, 0.15) is 18.1 Å². The molecule has 2 aromatic heterocycles. The van der Waals surface area contributed by atoms with Crippen molar-refractivity contribution in [2.24, 2.45) is 0 Å². The highest BCUT2D eigenvalue weighted by Gasteiger charge is 2.23. The Balaban J connectivity index is 1.79. The maximum absolute atomic E-state index is 14.0. The third-order valence-corrected chi connectivity index (χ3v) is 4.63. The van der Waals surface area contributed by atoms with Gasteiger partial charge in [-0.25, -0.2) is 9.37 Å². The van der Waals surface area contributed by atoms with Crippen molar-refractivity contribution in [1.29, 1.82) is 0 Å². The summed E-state index contributed by atoms with van der Waals surface area (Å²) in [6.45, 7) is 1.41. The fourth-order valence-electron chi connectivity index (χ4n) is 3.16. The van der Waals surface area contributed by atoms with Crippen LogP contribution in [0.2, 0.25) is 0 Å². The van der Waals surface area contributed by atoms with Crippen LogP contribution in [0.25, 0.3) is 33.6 Å². The number of furan rings is 1. The number of hydrogen-bond donors (Lipinski definition) is 1. The van der Waals surface area contributed by atoms with E-state index in [1.54, 1.807) is 0 Å². The Morgan fingerprint density at radius 2 is 1.76 bits per heavy atom. The number of halogens is 1. The molecule has 0 saturated carbocycles. The van der Waals surface area contributed by atoms with Crippen LogP contribution in [0.4, 0.5) is 4.39 Å². The van der Waals surface area contributed by atoms with Crippen LogP contribution in [-0.2, 0) is 0 Å². The van der Waals surface area contributed by atoms with Crippen molar-refractivity contribution in [1.82, 2.24) is 9.88 Å². The molecule has 6 heteroatoms. The van der Waals surface area contributed by atoms with Crippen LogP contribution in [0.3, 0.4) is 0 Å². The number of ether oxygens (including phenoxy) is 1. The smallest absolute Gasteiger partial charge is 0.231 e. The molecule has 0 radical (unpaired) electrons. The number of aromatic hydroxyl groups is 1. The zero-order valence-corrected chi connectivity index (χ0v) is 16.2. The number of benzene rings is 2. The lowest BCUT2D eigenvalue weighted by Crippen LogP contribution is -2.19. The quantitative estimate of drug-likeness (QED) is 0.503. The van der Waals surface area contributed by atoms with Gasteiger partial charge < -0.3 is 19.2 Å². The molecule has 0 spiro atoms. The van der Waals surface area contributed by atoms with Gasteiger partial charge in [-0.15, -0.1) is 0 Å². The Morgan fingerprint density at radius 3 is 2.45 bits per heavy atom. The van der Waals surface area contributed by atoms with Crippen molar-refractivity contribution in [3.05, 3.63) is 66.6 Å². The first kappa shape index (κ1) is 19.0. The fraction of sp³-hybridized carbons (Fsp3) is 0.174. The molecule has 29 heavy (non-hydrogen) atoms. The molecule has 2 aromatic carbocycles. The van der Waals surface area contributed by atoms with Crippen LogP contribution in [0.15, 0.2) is 65.2 Å². The summed E-state index contributed by atoms with van der Waals surface area (Å²) in [5.74, 6) is 0.0126. The van der Waals surface area contributed by atoms with Gasteiger partial charge >= 0.3 is 0 Å². The van der Waals surface area contributed by atoms with E-state index in [0.717, 1.165) is 29.6 Å². The molecule has 148 valence electrons. The Kier molecular flexibility index (Phi) is 5.18. The normalized spacial score (nSPS) is 11.3. The first-order valence-corrected chi connectivity index (χ1v) is 9.28. The van der Waals surface area contributed by atoms with Gasteiger partial charge in [-0.2, -0.15) is 0 Å². The van der Waals surface area contributed by atoms with Gasteiger partial charge in [-0.05, 0) is 43.9 Å². The molecule has 5 nitrogen and oxygen atoms in total. The van der Waals surface area contributed by atoms with Crippen LogP contribution < -0.4 is 4.74 Å². The van der Waals surface area contributed by atoms with Crippen molar-refractivity contribution >= 4 is 11.1 Å². The minimum absolute atomic E-state index is 0.184. The summed E-state index contributed by atoms with van der Waals surface area (Å²) in [6.07, 6.45) is 0.960. The molecule has 0 fully saturated rings. The van der Waals surface area contributed by atoms with Crippen LogP contribution in [-0.4, -0.2) is 42.2 Å². The predicted octanol–water partition coefficient (Wildman–Crippen LogP) is 4.95. The van der Waals surface area contributed by atoms with Gasteiger partial charge in [0, 0.05) is 17.7 Å². The zero-order valence-electron chi connectivity index (χ0n) is 16.2. The number of hydrogen-bond acceptors (Lipinski definition) is 5. The summed E-state index contributed by atoms with van der Waals surface area (Å²) in [7, 11) is 3.98. The van der Waals surface area contributed by atoms with Crippen molar-refractivity contribution in [2.75, 3.05) is 27.2 Å². The van der Waals surface area contributed by atoms with Gasteiger partial charge in [0.05, 0.1) is 11.6 Å². The van der Waals surface area contributed by atoms with Gasteiger partial charge in [0.2, 0.25) is 5.71 Å². The highest BCUT2D eigenvalue weighted by Crippen LogP contribution is 2.44. The average Bonchev–Trinajstić information content (AvgIpc) is 3.12. The second-order valence-corrected chi connectivity index (χ2v) is 6.98. The molecule has 1 N–H and O–H groups in total. The van der Waals surface area contributed by atoms with Crippen LogP contribution in [0.5, 0.6) is 11.5 Å². The van der Waals surface area contributed by atoms with Gasteiger partial charge in [-0.1, -0.05) is 30.3 Å². The first-order valence-electron chi connectivity index (χ1n) is 9.28. The maximum Gasteiger partial charge on any atom is 0.231 e. The summed E-state index contributed by atoms with van der Waals surface area (Å²) in [5.41, 5.74) is 2.37. The van der Waals surface area contributed by atoms with Gasteiger partial charge in [0.15, 0.2) is 11.6 Å². The Bertz CT molecular complexity index is 1120. The molecule has 0 atom stereocenters. The number of fused-ring (bicyclic) bond motifs is 1. The topological polar surface area (TPSA) is 58.7 Å². The number of rotatable bonds is 6. The van der Waals surface area contributed by atoms with Crippen LogP contribution in [0, 0.1) is 5.82 Å². The Morgan fingerprint density at radius 1 is 1.03 bits per heavy atom. The second-order valence-electron chi connectivity index (χ2n) is 6.98. The molecule has 0 bridgehead atoms. The highest BCUT2D eigenvalue weighted by atomic mass is 19.1. The minimum atomic E-state index is -0.785. The minimum Gasteiger partial charge on any atom is -0.504 e. The van der Waals surface area contributed by atoms with Gasteiger partial charge in [-0.3, -0.25) is 0 Å². The molecular weight excluding hydrogens is 371 g/mol. The molecule has 4 rings (SSSR count). The number of likely N-dealkylation sites (N-methyl/N-ethyl adjacent to an activating group) is 1. The molecule has 0 aliphatic carbocycles. The maximum atomic E-state index is 14.0. The molecular formula is C23H21FN2O3. The lowest BCUT2D eigenvalue weighted by molar-refractivity contribution is 0.261. The molecule has 0 amide bonds. The summed E-state index contributed by atoms with van der Waals surface area (Å²) in [5, 5.41) is 10.6. The first-order chi connectivity index (χ1) is 14.0. The Hall–Kier alpha value is -3.38. The largest absolute Gasteiger partial charge is 0.504 e. The SMILES string of the molecule is CN(C)CCOc1ccc(-c2oc3ncc(F)c(O)c3c2-c2ccccc2)cc1. The lowest BCUT2D eigenvalue weighted by atomic mass is 9.99. The molecule has 0 aliphatic heterocycles. The monoisotopic (exact) mass is 392 g/mol. The number of pyridine rings is 1. The molecule has 2 heterocycles. The third-order valence-electron chi connectivity index (χ3n) is 4.63. The zero-order chi connectivity index (χ0) is 20.4. The van der Waals surface area contributed by atoms with E-state index in [0.29, 0.717) is 17.9 Å².